The van der Waals surface area contributed by atoms with Gasteiger partial charge in [0, 0.05) is 38.4 Å². The lowest BCUT2D eigenvalue weighted by atomic mass is 10.1. The van der Waals surface area contributed by atoms with Gasteiger partial charge in [0.2, 0.25) is 0 Å². The third kappa shape index (κ3) is 4.82. The number of rotatable bonds is 7. The van der Waals surface area contributed by atoms with Crippen molar-refractivity contribution in [2.24, 2.45) is 0 Å². The maximum atomic E-state index is 2.57. The zero-order valence-corrected chi connectivity index (χ0v) is 16.8. The van der Waals surface area contributed by atoms with E-state index in [0.29, 0.717) is 0 Å². The van der Waals surface area contributed by atoms with Crippen molar-refractivity contribution in [1.82, 2.24) is 4.90 Å². The lowest BCUT2D eigenvalue weighted by Gasteiger charge is -2.27. The van der Waals surface area contributed by atoms with Gasteiger partial charge in [-0.3, -0.25) is 4.90 Å². The van der Waals surface area contributed by atoms with Crippen molar-refractivity contribution < 1.29 is 0 Å². The summed E-state index contributed by atoms with van der Waals surface area (Å²) in [4.78, 5) is 5.14. The molecule has 3 aromatic carbocycles. The molecule has 0 aromatic heterocycles. The van der Waals surface area contributed by atoms with Crippen LogP contribution in [0.25, 0.3) is 0 Å². The molecule has 0 radical (unpaired) electrons. The van der Waals surface area contributed by atoms with Gasteiger partial charge in [0.25, 0.3) is 0 Å². The molecule has 0 amide bonds. The van der Waals surface area contributed by atoms with Crippen LogP contribution in [0.3, 0.4) is 0 Å². The van der Waals surface area contributed by atoms with Crippen LogP contribution in [0, 0.1) is 6.92 Å². The van der Waals surface area contributed by atoms with E-state index in [2.05, 4.69) is 95.6 Å². The lowest BCUT2D eigenvalue weighted by molar-refractivity contribution is 0.248. The van der Waals surface area contributed by atoms with Gasteiger partial charge in [-0.15, -0.1) is 0 Å². The highest BCUT2D eigenvalue weighted by Gasteiger charge is 2.18. The van der Waals surface area contributed by atoms with Crippen molar-refractivity contribution in [3.63, 3.8) is 0 Å². The minimum absolute atomic E-state index is 0.961. The first-order valence-corrected chi connectivity index (χ1v) is 10.4. The van der Waals surface area contributed by atoms with Crippen LogP contribution < -0.4 is 4.90 Å². The highest BCUT2D eigenvalue weighted by Crippen LogP contribution is 2.28. The van der Waals surface area contributed by atoms with Crippen molar-refractivity contribution in [2.75, 3.05) is 18.0 Å². The quantitative estimate of drug-likeness (QED) is 0.519. The summed E-state index contributed by atoms with van der Waals surface area (Å²) in [5.41, 5.74) is 6.97. The second-order valence-corrected chi connectivity index (χ2v) is 7.94. The van der Waals surface area contributed by atoms with Crippen molar-refractivity contribution >= 4 is 5.69 Å². The van der Waals surface area contributed by atoms with Gasteiger partial charge in [-0.05, 0) is 48.1 Å². The molecule has 0 saturated carbocycles. The van der Waals surface area contributed by atoms with E-state index in [-0.39, 0.29) is 0 Å². The molecule has 4 rings (SSSR count). The number of anilines is 1. The van der Waals surface area contributed by atoms with Gasteiger partial charge in [0.1, 0.15) is 0 Å². The Morgan fingerprint density at radius 1 is 0.714 bits per heavy atom. The summed E-state index contributed by atoms with van der Waals surface area (Å²) in [5.74, 6) is 0. The Hall–Kier alpha value is -2.58. The Kier molecular flexibility index (Phi) is 6.08. The molecule has 0 bridgehead atoms. The fourth-order valence-electron chi connectivity index (χ4n) is 4.15. The monoisotopic (exact) mass is 370 g/mol. The molecule has 0 spiro atoms. The number of aryl methyl sites for hydroxylation is 1. The number of nitrogens with zero attached hydrogens (tertiary/aromatic N) is 2. The lowest BCUT2D eigenvalue weighted by Crippen LogP contribution is -2.25. The Labute approximate surface area is 169 Å². The summed E-state index contributed by atoms with van der Waals surface area (Å²) in [6, 6.07) is 28.6. The van der Waals surface area contributed by atoms with Crippen LogP contribution in [0.15, 0.2) is 78.9 Å². The van der Waals surface area contributed by atoms with Crippen molar-refractivity contribution in [1.29, 1.82) is 0 Å². The number of hydrogen-bond donors (Lipinski definition) is 0. The maximum absolute atomic E-state index is 2.57. The summed E-state index contributed by atoms with van der Waals surface area (Å²) in [6.07, 6.45) is 2.62. The first-order valence-electron chi connectivity index (χ1n) is 10.4. The third-order valence-electron chi connectivity index (χ3n) is 5.58. The van der Waals surface area contributed by atoms with E-state index in [0.717, 1.165) is 19.6 Å². The van der Waals surface area contributed by atoms with E-state index in [4.69, 9.17) is 0 Å². The molecular weight excluding hydrogens is 340 g/mol. The summed E-state index contributed by atoms with van der Waals surface area (Å²) in [5, 5.41) is 0. The summed E-state index contributed by atoms with van der Waals surface area (Å²) in [7, 11) is 0. The van der Waals surface area contributed by atoms with Crippen LogP contribution in [0.2, 0.25) is 0 Å². The zero-order chi connectivity index (χ0) is 19.2. The SMILES string of the molecule is Cc1ccc(CN(Cc2ccccc2)Cc2ccccc2)c(N2CCCC2)c1. The second kappa shape index (κ2) is 9.07. The molecule has 28 heavy (non-hydrogen) atoms. The van der Waals surface area contributed by atoms with Crippen molar-refractivity contribution in [3.8, 4) is 0 Å². The Bertz CT molecular complexity index is 826. The molecule has 1 aliphatic heterocycles. The molecule has 0 atom stereocenters. The molecule has 1 fully saturated rings. The zero-order valence-electron chi connectivity index (χ0n) is 16.8. The molecule has 0 aliphatic carbocycles. The van der Waals surface area contributed by atoms with Crippen LogP contribution in [0.5, 0.6) is 0 Å². The van der Waals surface area contributed by atoms with E-state index >= 15 is 0 Å². The van der Waals surface area contributed by atoms with Gasteiger partial charge >= 0.3 is 0 Å². The van der Waals surface area contributed by atoms with Crippen LogP contribution in [0.1, 0.15) is 35.1 Å². The average molecular weight is 371 g/mol. The molecule has 2 nitrogen and oxygen atoms in total. The molecule has 3 aromatic rings. The predicted octanol–water partition coefficient (Wildman–Crippen LogP) is 5.80. The van der Waals surface area contributed by atoms with Gasteiger partial charge in [-0.25, -0.2) is 0 Å². The topological polar surface area (TPSA) is 6.48 Å². The van der Waals surface area contributed by atoms with Crippen LogP contribution in [-0.2, 0) is 19.6 Å². The molecule has 1 heterocycles. The third-order valence-corrected chi connectivity index (χ3v) is 5.58. The van der Waals surface area contributed by atoms with Gasteiger partial charge < -0.3 is 4.90 Å². The van der Waals surface area contributed by atoms with Gasteiger partial charge in [-0.2, -0.15) is 0 Å². The fraction of sp³-hybridized carbons (Fsp3) is 0.308. The minimum atomic E-state index is 0.961. The van der Waals surface area contributed by atoms with E-state index < -0.39 is 0 Å². The Morgan fingerprint density at radius 2 is 1.29 bits per heavy atom. The minimum Gasteiger partial charge on any atom is -0.371 e. The smallest absolute Gasteiger partial charge is 0.0414 e. The highest BCUT2D eigenvalue weighted by molar-refractivity contribution is 5.56. The second-order valence-electron chi connectivity index (χ2n) is 7.94. The normalized spacial score (nSPS) is 14.0. The van der Waals surface area contributed by atoms with Crippen LogP contribution in [0.4, 0.5) is 5.69 Å². The summed E-state index contributed by atoms with van der Waals surface area (Å²) < 4.78 is 0. The number of benzene rings is 3. The molecule has 0 unspecified atom stereocenters. The average Bonchev–Trinajstić information content (AvgIpc) is 3.25. The summed E-state index contributed by atoms with van der Waals surface area (Å²) >= 11 is 0. The number of hydrogen-bond acceptors (Lipinski definition) is 2. The molecular formula is C26H30N2. The van der Waals surface area contributed by atoms with Crippen LogP contribution in [-0.4, -0.2) is 18.0 Å². The van der Waals surface area contributed by atoms with Gasteiger partial charge in [-0.1, -0.05) is 72.8 Å². The summed E-state index contributed by atoms with van der Waals surface area (Å²) in [6.45, 7) is 7.47. The largest absolute Gasteiger partial charge is 0.371 e. The molecule has 0 N–H and O–H groups in total. The van der Waals surface area contributed by atoms with Crippen LogP contribution >= 0.6 is 0 Å². The van der Waals surface area contributed by atoms with Crippen molar-refractivity contribution in [2.45, 2.75) is 39.4 Å². The highest BCUT2D eigenvalue weighted by atomic mass is 15.2. The molecule has 2 heteroatoms. The first kappa shape index (κ1) is 18.8. The first-order chi connectivity index (χ1) is 13.8. The molecule has 1 aliphatic rings. The van der Waals surface area contributed by atoms with E-state index in [9.17, 15) is 0 Å². The fourth-order valence-corrected chi connectivity index (χ4v) is 4.15. The molecule has 144 valence electrons. The maximum Gasteiger partial charge on any atom is 0.0414 e. The Morgan fingerprint density at radius 3 is 1.86 bits per heavy atom. The molecule has 1 saturated heterocycles. The van der Waals surface area contributed by atoms with E-state index in [1.165, 1.54) is 53.9 Å². The standard InChI is InChI=1S/C26H30N2/c1-22-14-15-25(26(18-22)28-16-8-9-17-28)21-27(19-23-10-4-2-5-11-23)20-24-12-6-3-7-13-24/h2-7,10-15,18H,8-9,16-17,19-21H2,1H3. The van der Waals surface area contributed by atoms with Gasteiger partial charge in [0.05, 0.1) is 0 Å². The predicted molar refractivity (Wildman–Crippen MR) is 118 cm³/mol. The van der Waals surface area contributed by atoms with E-state index in [1.807, 2.05) is 0 Å². The van der Waals surface area contributed by atoms with E-state index in [1.54, 1.807) is 0 Å². The Balaban J connectivity index is 1.59. The van der Waals surface area contributed by atoms with Gasteiger partial charge in [0.15, 0.2) is 0 Å². The van der Waals surface area contributed by atoms with Crippen molar-refractivity contribution in [3.05, 3.63) is 101 Å².